The van der Waals surface area contributed by atoms with Gasteiger partial charge in [0.15, 0.2) is 5.16 Å². The zero-order chi connectivity index (χ0) is 19.4. The Morgan fingerprint density at radius 3 is 2.81 bits per heavy atom. The van der Waals surface area contributed by atoms with E-state index in [0.717, 1.165) is 16.4 Å². The van der Waals surface area contributed by atoms with Gasteiger partial charge in [-0.1, -0.05) is 41.6 Å². The van der Waals surface area contributed by atoms with Crippen LogP contribution in [0, 0.1) is 6.92 Å². The number of carbonyl (C=O) groups excluding carboxylic acids is 1. The maximum Gasteiger partial charge on any atom is 0.237 e. The zero-order valence-electron chi connectivity index (χ0n) is 15.3. The maximum absolute atomic E-state index is 12.6. The van der Waals surface area contributed by atoms with Crippen LogP contribution in [0.1, 0.15) is 12.5 Å². The average molecular weight is 402 g/mol. The summed E-state index contributed by atoms with van der Waals surface area (Å²) in [6, 6.07) is 13.1. The molecule has 1 heterocycles. The number of nitrogens with one attached hydrogen (secondary N) is 1. The molecule has 3 rings (SSSR count). The van der Waals surface area contributed by atoms with Gasteiger partial charge in [0.1, 0.15) is 5.75 Å². The minimum Gasteiger partial charge on any atom is -0.495 e. The first-order valence-corrected chi connectivity index (χ1v) is 9.66. The summed E-state index contributed by atoms with van der Waals surface area (Å²) < 4.78 is 7.23. The third kappa shape index (κ3) is 4.28. The molecule has 1 N–H and O–H groups in total. The topological polar surface area (TPSA) is 56.1 Å². The number of para-hydroxylation sites is 2. The Balaban J connectivity index is 1.77. The summed E-state index contributed by atoms with van der Waals surface area (Å²) in [5.74, 6) is 0.501. The predicted octanol–water partition coefficient (Wildman–Crippen LogP) is 4.96. The molecule has 0 bridgehead atoms. The summed E-state index contributed by atoms with van der Waals surface area (Å²) >= 11 is 7.62. The second-order valence-corrected chi connectivity index (χ2v) is 7.63. The summed E-state index contributed by atoms with van der Waals surface area (Å²) in [5, 5.41) is 3.98. The van der Waals surface area contributed by atoms with Gasteiger partial charge in [0, 0.05) is 17.4 Å². The second kappa shape index (κ2) is 8.50. The highest BCUT2D eigenvalue weighted by atomic mass is 35.5. The largest absolute Gasteiger partial charge is 0.495 e. The van der Waals surface area contributed by atoms with Crippen LogP contribution in [0.2, 0.25) is 5.02 Å². The van der Waals surface area contributed by atoms with Gasteiger partial charge in [0.25, 0.3) is 0 Å². The van der Waals surface area contributed by atoms with Crippen molar-refractivity contribution in [1.29, 1.82) is 0 Å². The molecule has 3 aromatic rings. The van der Waals surface area contributed by atoms with Crippen molar-refractivity contribution < 1.29 is 9.53 Å². The lowest BCUT2D eigenvalue weighted by atomic mass is 10.2. The molecule has 1 atom stereocenters. The molecule has 0 saturated carbocycles. The molecule has 0 fully saturated rings. The lowest BCUT2D eigenvalue weighted by Gasteiger charge is -2.15. The van der Waals surface area contributed by atoms with Crippen molar-refractivity contribution in [2.24, 2.45) is 0 Å². The molecule has 1 amide bonds. The number of methoxy groups -OCH3 is 1. The number of thioether (sulfide) groups is 1. The maximum atomic E-state index is 12.6. The molecule has 0 aliphatic carbocycles. The molecule has 0 saturated heterocycles. The first-order chi connectivity index (χ1) is 13.0. The molecular formula is C20H20ClN3O2S. The molecule has 2 aromatic carbocycles. The van der Waals surface area contributed by atoms with Gasteiger partial charge in [0.05, 0.1) is 23.7 Å². The van der Waals surface area contributed by atoms with E-state index in [-0.39, 0.29) is 11.2 Å². The van der Waals surface area contributed by atoms with Crippen LogP contribution in [0.4, 0.5) is 5.69 Å². The fourth-order valence-electron chi connectivity index (χ4n) is 2.61. The summed E-state index contributed by atoms with van der Waals surface area (Å²) in [6.45, 7) is 3.81. The normalized spacial score (nSPS) is 11.9. The van der Waals surface area contributed by atoms with Crippen LogP contribution in [0.5, 0.6) is 5.75 Å². The number of anilines is 1. The molecule has 0 aliphatic rings. The van der Waals surface area contributed by atoms with Crippen molar-refractivity contribution >= 4 is 35.0 Å². The van der Waals surface area contributed by atoms with E-state index in [0.29, 0.717) is 16.5 Å². The van der Waals surface area contributed by atoms with Crippen LogP contribution in [-0.2, 0) is 4.79 Å². The first kappa shape index (κ1) is 19.3. The summed E-state index contributed by atoms with van der Waals surface area (Å²) in [7, 11) is 1.58. The van der Waals surface area contributed by atoms with E-state index in [1.807, 2.05) is 67.1 Å². The molecule has 1 aromatic heterocycles. The van der Waals surface area contributed by atoms with Crippen LogP contribution in [0.3, 0.4) is 0 Å². The number of imidazole rings is 1. The van der Waals surface area contributed by atoms with Crippen molar-refractivity contribution in [3.63, 3.8) is 0 Å². The van der Waals surface area contributed by atoms with Gasteiger partial charge in [-0.2, -0.15) is 0 Å². The minimum atomic E-state index is -0.351. The Morgan fingerprint density at radius 1 is 1.26 bits per heavy atom. The Hall–Kier alpha value is -2.44. The Labute approximate surface area is 167 Å². The van der Waals surface area contributed by atoms with Gasteiger partial charge in [-0.25, -0.2) is 4.98 Å². The average Bonchev–Trinajstić information content (AvgIpc) is 3.12. The third-order valence-corrected chi connectivity index (χ3v) is 5.61. The Morgan fingerprint density at radius 2 is 2.04 bits per heavy atom. The first-order valence-electron chi connectivity index (χ1n) is 8.40. The number of aromatic nitrogens is 2. The quantitative estimate of drug-likeness (QED) is 0.593. The lowest BCUT2D eigenvalue weighted by molar-refractivity contribution is -0.115. The number of hydrogen-bond donors (Lipinski definition) is 1. The van der Waals surface area contributed by atoms with Crippen molar-refractivity contribution in [2.75, 3.05) is 12.4 Å². The molecule has 0 radical (unpaired) electrons. The van der Waals surface area contributed by atoms with Crippen LogP contribution < -0.4 is 10.1 Å². The van der Waals surface area contributed by atoms with Gasteiger partial charge in [-0.15, -0.1) is 0 Å². The number of halogens is 1. The molecule has 0 aliphatic heterocycles. The summed E-state index contributed by atoms with van der Waals surface area (Å²) in [4.78, 5) is 17.0. The van der Waals surface area contributed by atoms with E-state index in [9.17, 15) is 4.79 Å². The van der Waals surface area contributed by atoms with E-state index in [1.54, 1.807) is 13.3 Å². The van der Waals surface area contributed by atoms with Crippen LogP contribution in [-0.4, -0.2) is 27.8 Å². The van der Waals surface area contributed by atoms with Crippen molar-refractivity contribution in [3.05, 3.63) is 65.4 Å². The van der Waals surface area contributed by atoms with Crippen LogP contribution in [0.25, 0.3) is 5.69 Å². The number of carbonyl (C=O) groups is 1. The third-order valence-electron chi connectivity index (χ3n) is 4.12. The highest BCUT2D eigenvalue weighted by molar-refractivity contribution is 8.00. The standard InChI is InChI=1S/C20H20ClN3O2S/c1-13-15(21)7-6-9-17(13)24-12-11-22-20(24)27-14(2)19(25)23-16-8-4-5-10-18(16)26-3/h4-12,14H,1-3H3,(H,23,25). The van der Waals surface area contributed by atoms with Crippen LogP contribution >= 0.6 is 23.4 Å². The number of ether oxygens (including phenoxy) is 1. The fraction of sp³-hybridized carbons (Fsp3) is 0.200. The molecule has 5 nitrogen and oxygen atoms in total. The highest BCUT2D eigenvalue weighted by Gasteiger charge is 2.19. The number of hydrogen-bond acceptors (Lipinski definition) is 4. The number of rotatable bonds is 6. The van der Waals surface area contributed by atoms with Gasteiger partial charge < -0.3 is 10.1 Å². The molecular weight excluding hydrogens is 382 g/mol. The predicted molar refractivity (Wildman–Crippen MR) is 110 cm³/mol. The molecule has 140 valence electrons. The van der Waals surface area contributed by atoms with Gasteiger partial charge in [-0.05, 0) is 43.7 Å². The van der Waals surface area contributed by atoms with Crippen molar-refractivity contribution in [1.82, 2.24) is 9.55 Å². The van der Waals surface area contributed by atoms with Gasteiger partial charge >= 0.3 is 0 Å². The Kier molecular flexibility index (Phi) is 6.08. The van der Waals surface area contributed by atoms with E-state index >= 15 is 0 Å². The highest BCUT2D eigenvalue weighted by Crippen LogP contribution is 2.30. The SMILES string of the molecule is COc1ccccc1NC(=O)C(C)Sc1nccn1-c1cccc(Cl)c1C. The monoisotopic (exact) mass is 401 g/mol. The van der Waals surface area contributed by atoms with Crippen LogP contribution in [0.15, 0.2) is 60.0 Å². The zero-order valence-corrected chi connectivity index (χ0v) is 16.8. The smallest absolute Gasteiger partial charge is 0.237 e. The number of benzene rings is 2. The van der Waals surface area contributed by atoms with Crippen molar-refractivity contribution in [3.8, 4) is 11.4 Å². The minimum absolute atomic E-state index is 0.123. The van der Waals surface area contributed by atoms with E-state index in [1.165, 1.54) is 11.8 Å². The van der Waals surface area contributed by atoms with Crippen molar-refractivity contribution in [2.45, 2.75) is 24.3 Å². The summed E-state index contributed by atoms with van der Waals surface area (Å²) in [5.41, 5.74) is 2.55. The summed E-state index contributed by atoms with van der Waals surface area (Å²) in [6.07, 6.45) is 3.58. The second-order valence-electron chi connectivity index (χ2n) is 5.91. The molecule has 27 heavy (non-hydrogen) atoms. The Bertz CT molecular complexity index is 958. The van der Waals surface area contributed by atoms with Gasteiger partial charge in [-0.3, -0.25) is 9.36 Å². The molecule has 7 heteroatoms. The number of nitrogens with zero attached hydrogens (tertiary/aromatic N) is 2. The van der Waals surface area contributed by atoms with E-state index < -0.39 is 0 Å². The fourth-order valence-corrected chi connectivity index (χ4v) is 3.66. The van der Waals surface area contributed by atoms with E-state index in [2.05, 4.69) is 10.3 Å². The number of amides is 1. The van der Waals surface area contributed by atoms with Gasteiger partial charge in [0.2, 0.25) is 5.91 Å². The lowest BCUT2D eigenvalue weighted by Crippen LogP contribution is -2.23. The molecule has 1 unspecified atom stereocenters. The molecule has 0 spiro atoms. The van der Waals surface area contributed by atoms with E-state index in [4.69, 9.17) is 16.3 Å².